The van der Waals surface area contributed by atoms with Crippen molar-refractivity contribution in [3.63, 3.8) is 0 Å². The van der Waals surface area contributed by atoms with Crippen molar-refractivity contribution >= 4 is 17.7 Å². The second-order valence-corrected chi connectivity index (χ2v) is 6.86. The summed E-state index contributed by atoms with van der Waals surface area (Å²) in [5.41, 5.74) is 0.687. The van der Waals surface area contributed by atoms with Crippen LogP contribution in [0.2, 0.25) is 0 Å². The van der Waals surface area contributed by atoms with Crippen LogP contribution in [0.1, 0.15) is 54.0 Å². The van der Waals surface area contributed by atoms with Crippen molar-refractivity contribution in [1.29, 1.82) is 0 Å². The summed E-state index contributed by atoms with van der Waals surface area (Å²) < 4.78 is 5.71. The van der Waals surface area contributed by atoms with Gasteiger partial charge < -0.3 is 14.8 Å². The van der Waals surface area contributed by atoms with Crippen LogP contribution >= 0.6 is 11.8 Å². The molecule has 2 rings (SSSR count). The molecule has 1 saturated carbocycles. The van der Waals surface area contributed by atoms with Crippen LogP contribution in [0.25, 0.3) is 0 Å². The first kappa shape index (κ1) is 15.4. The number of hydrogen-bond donors (Lipinski definition) is 2. The molecule has 20 heavy (non-hydrogen) atoms. The Hall–Kier alpha value is -0.940. The molecule has 0 aromatic carbocycles. The van der Waals surface area contributed by atoms with Crippen molar-refractivity contribution in [2.45, 2.75) is 50.3 Å². The lowest BCUT2D eigenvalue weighted by atomic mass is 9.88. The Morgan fingerprint density at radius 1 is 1.45 bits per heavy atom. The molecule has 0 bridgehead atoms. The highest BCUT2D eigenvalue weighted by Crippen LogP contribution is 2.38. The minimum atomic E-state index is -0.999. The molecule has 0 saturated heterocycles. The number of aryl methyl sites for hydroxylation is 1. The van der Waals surface area contributed by atoms with Gasteiger partial charge in [0.1, 0.15) is 5.76 Å². The first-order chi connectivity index (χ1) is 9.56. The van der Waals surface area contributed by atoms with Gasteiger partial charge in [-0.2, -0.15) is 11.8 Å². The normalized spacial score (nSPS) is 18.1. The third-order valence-corrected chi connectivity index (χ3v) is 5.53. The maximum absolute atomic E-state index is 10.9. The first-order valence-corrected chi connectivity index (χ1v) is 8.37. The summed E-state index contributed by atoms with van der Waals surface area (Å²) in [5.74, 6) is -0.243. The Labute approximate surface area is 124 Å². The highest BCUT2D eigenvalue weighted by atomic mass is 32.2. The molecule has 112 valence electrons. The Balaban J connectivity index is 1.89. The van der Waals surface area contributed by atoms with Crippen molar-refractivity contribution in [2.75, 3.05) is 12.8 Å². The van der Waals surface area contributed by atoms with Crippen molar-refractivity contribution in [3.05, 3.63) is 23.2 Å². The molecule has 1 aliphatic carbocycles. The number of thioether (sulfide) groups is 1. The Morgan fingerprint density at radius 3 is 2.70 bits per heavy atom. The predicted molar refractivity (Wildman–Crippen MR) is 81.4 cm³/mol. The maximum atomic E-state index is 10.9. The van der Waals surface area contributed by atoms with E-state index in [1.807, 2.05) is 17.8 Å². The van der Waals surface area contributed by atoms with Gasteiger partial charge >= 0.3 is 5.97 Å². The Kier molecular flexibility index (Phi) is 5.16. The molecule has 0 amide bonds. The zero-order valence-corrected chi connectivity index (χ0v) is 13.0. The number of hydrogen-bond acceptors (Lipinski definition) is 4. The lowest BCUT2D eigenvalue weighted by Gasteiger charge is -2.35. The van der Waals surface area contributed by atoms with Crippen LogP contribution < -0.4 is 5.32 Å². The number of carboxylic acid groups (broad SMARTS) is 1. The summed E-state index contributed by atoms with van der Waals surface area (Å²) in [4.78, 5) is 10.9. The van der Waals surface area contributed by atoms with E-state index < -0.39 is 5.97 Å². The minimum Gasteiger partial charge on any atom is -0.475 e. The van der Waals surface area contributed by atoms with Gasteiger partial charge in [-0.05, 0) is 32.1 Å². The topological polar surface area (TPSA) is 62.5 Å². The molecule has 1 aromatic rings. The van der Waals surface area contributed by atoms with Crippen LogP contribution in [0, 0.1) is 6.92 Å². The summed E-state index contributed by atoms with van der Waals surface area (Å²) in [6.07, 6.45) is 8.68. The highest BCUT2D eigenvalue weighted by Gasteiger charge is 2.30. The van der Waals surface area contributed by atoms with Gasteiger partial charge in [-0.25, -0.2) is 4.79 Å². The summed E-state index contributed by atoms with van der Waals surface area (Å²) in [6.45, 7) is 3.31. The number of nitrogens with one attached hydrogen (secondary N) is 1. The van der Waals surface area contributed by atoms with E-state index in [2.05, 4.69) is 11.6 Å². The zero-order valence-electron chi connectivity index (χ0n) is 12.2. The van der Waals surface area contributed by atoms with Crippen LogP contribution in [-0.2, 0) is 6.54 Å². The van der Waals surface area contributed by atoms with E-state index in [1.54, 1.807) is 6.92 Å². The summed E-state index contributed by atoms with van der Waals surface area (Å²) in [6, 6.07) is 1.81. The third kappa shape index (κ3) is 3.58. The second kappa shape index (κ2) is 6.68. The molecule has 1 fully saturated rings. The standard InChI is InChI=1S/C15H23NO3S/c1-11-8-12(19-13(11)14(17)18)9-16-10-15(20-2)6-4-3-5-7-15/h8,16H,3-7,9-10H2,1-2H3,(H,17,18). The van der Waals surface area contributed by atoms with E-state index in [1.165, 1.54) is 32.1 Å². The van der Waals surface area contributed by atoms with Crippen LogP contribution in [0.3, 0.4) is 0 Å². The van der Waals surface area contributed by atoms with Gasteiger partial charge in [-0.3, -0.25) is 0 Å². The van der Waals surface area contributed by atoms with E-state index in [0.717, 1.165) is 6.54 Å². The third-order valence-electron chi connectivity index (χ3n) is 4.11. The SMILES string of the molecule is CSC1(CNCc2cc(C)c(C(=O)O)o2)CCCCC1. The average Bonchev–Trinajstić information content (AvgIpc) is 2.81. The molecule has 5 heteroatoms. The van der Waals surface area contributed by atoms with E-state index in [4.69, 9.17) is 9.52 Å². The fraction of sp³-hybridized carbons (Fsp3) is 0.667. The number of carboxylic acids is 1. The molecule has 1 heterocycles. The maximum Gasteiger partial charge on any atom is 0.372 e. The molecule has 0 spiro atoms. The highest BCUT2D eigenvalue weighted by molar-refractivity contribution is 8.00. The van der Waals surface area contributed by atoms with Gasteiger partial charge in [-0.1, -0.05) is 19.3 Å². The fourth-order valence-corrected chi connectivity index (χ4v) is 3.85. The average molecular weight is 297 g/mol. The van der Waals surface area contributed by atoms with Gasteiger partial charge in [-0.15, -0.1) is 0 Å². The number of aromatic carboxylic acids is 1. The molecular weight excluding hydrogens is 274 g/mol. The van der Waals surface area contributed by atoms with E-state index >= 15 is 0 Å². The number of carbonyl (C=O) groups is 1. The predicted octanol–water partition coefficient (Wildman–Crippen LogP) is 3.44. The van der Waals surface area contributed by atoms with Gasteiger partial charge in [0.05, 0.1) is 6.54 Å². The number of furan rings is 1. The van der Waals surface area contributed by atoms with Crippen molar-refractivity contribution in [1.82, 2.24) is 5.32 Å². The van der Waals surface area contributed by atoms with Crippen LogP contribution in [0.4, 0.5) is 0 Å². The monoisotopic (exact) mass is 297 g/mol. The largest absolute Gasteiger partial charge is 0.475 e. The van der Waals surface area contributed by atoms with Gasteiger partial charge in [0.25, 0.3) is 0 Å². The summed E-state index contributed by atoms with van der Waals surface area (Å²) >= 11 is 1.95. The minimum absolute atomic E-state index is 0.0547. The van der Waals surface area contributed by atoms with Crippen LogP contribution in [-0.4, -0.2) is 28.6 Å². The van der Waals surface area contributed by atoms with E-state index in [-0.39, 0.29) is 5.76 Å². The van der Waals surface area contributed by atoms with Crippen LogP contribution in [0.5, 0.6) is 0 Å². The van der Waals surface area contributed by atoms with Crippen LogP contribution in [0.15, 0.2) is 10.5 Å². The molecule has 0 atom stereocenters. The smallest absolute Gasteiger partial charge is 0.372 e. The summed E-state index contributed by atoms with van der Waals surface area (Å²) in [5, 5.41) is 12.4. The van der Waals surface area contributed by atoms with Crippen molar-refractivity contribution < 1.29 is 14.3 Å². The molecule has 0 radical (unpaired) electrons. The van der Waals surface area contributed by atoms with Gasteiger partial charge in [0.15, 0.2) is 0 Å². The van der Waals surface area contributed by atoms with E-state index in [0.29, 0.717) is 22.6 Å². The van der Waals surface area contributed by atoms with Crippen molar-refractivity contribution in [2.24, 2.45) is 0 Å². The lowest BCUT2D eigenvalue weighted by molar-refractivity contribution is 0.0659. The van der Waals surface area contributed by atoms with Gasteiger partial charge in [0.2, 0.25) is 5.76 Å². The molecule has 2 N–H and O–H groups in total. The second-order valence-electron chi connectivity index (χ2n) is 5.58. The Morgan fingerprint density at radius 2 is 2.15 bits per heavy atom. The molecule has 0 aliphatic heterocycles. The van der Waals surface area contributed by atoms with Gasteiger partial charge in [0, 0.05) is 16.9 Å². The summed E-state index contributed by atoms with van der Waals surface area (Å²) in [7, 11) is 0. The Bertz CT molecular complexity index is 464. The fourth-order valence-electron chi connectivity index (χ4n) is 2.91. The number of rotatable bonds is 6. The lowest BCUT2D eigenvalue weighted by Crippen LogP contribution is -2.39. The zero-order chi connectivity index (χ0) is 14.6. The molecule has 0 unspecified atom stereocenters. The molecule has 4 nitrogen and oxygen atoms in total. The first-order valence-electron chi connectivity index (χ1n) is 7.15. The molecular formula is C15H23NO3S. The quantitative estimate of drug-likeness (QED) is 0.842. The molecule has 1 aliphatic rings. The van der Waals surface area contributed by atoms with Crippen molar-refractivity contribution in [3.8, 4) is 0 Å². The van der Waals surface area contributed by atoms with E-state index in [9.17, 15) is 4.79 Å². The molecule has 1 aromatic heterocycles.